The highest BCUT2D eigenvalue weighted by molar-refractivity contribution is 5.81. The zero-order chi connectivity index (χ0) is 13.2. The average molecular weight is 241 g/mol. The molecule has 18 heavy (non-hydrogen) atoms. The van der Waals surface area contributed by atoms with E-state index in [4.69, 9.17) is 5.26 Å². The number of hydrogen-bond donors (Lipinski definition) is 0. The number of unbranched alkanes of at least 4 members (excludes halogenated alkanes) is 3. The second-order valence-electron chi connectivity index (χ2n) is 4.38. The number of carbonyl (C=O) groups excluding carboxylic acids is 1. The Balaban J connectivity index is 2.60. The molecule has 0 aliphatic carbocycles. The lowest BCUT2D eigenvalue weighted by Crippen LogP contribution is -1.87. The summed E-state index contributed by atoms with van der Waals surface area (Å²) in [7, 11) is 0. The van der Waals surface area contributed by atoms with Crippen LogP contribution in [0.25, 0.3) is 6.08 Å². The van der Waals surface area contributed by atoms with Crippen molar-refractivity contribution in [3.05, 3.63) is 41.0 Å². The molecule has 0 fully saturated rings. The van der Waals surface area contributed by atoms with Gasteiger partial charge in [0.2, 0.25) is 0 Å². The monoisotopic (exact) mass is 241 g/mol. The molecular formula is C16H19NO. The van der Waals surface area contributed by atoms with Crippen LogP contribution in [-0.4, -0.2) is 6.29 Å². The Hall–Kier alpha value is -1.88. The maximum absolute atomic E-state index is 11.0. The molecule has 94 valence electrons. The van der Waals surface area contributed by atoms with Crippen molar-refractivity contribution in [2.75, 3.05) is 0 Å². The molecule has 2 nitrogen and oxygen atoms in total. The van der Waals surface area contributed by atoms with Crippen LogP contribution < -0.4 is 0 Å². The van der Waals surface area contributed by atoms with Gasteiger partial charge in [-0.25, -0.2) is 0 Å². The van der Waals surface area contributed by atoms with Crippen LogP contribution in [0.15, 0.2) is 29.8 Å². The van der Waals surface area contributed by atoms with E-state index in [0.29, 0.717) is 5.56 Å². The topological polar surface area (TPSA) is 40.9 Å². The summed E-state index contributed by atoms with van der Waals surface area (Å²) in [5.41, 5.74) is 2.45. The summed E-state index contributed by atoms with van der Waals surface area (Å²) < 4.78 is 0. The average Bonchev–Trinajstić information content (AvgIpc) is 2.43. The summed E-state index contributed by atoms with van der Waals surface area (Å²) in [5.74, 6) is 0. The lowest BCUT2D eigenvalue weighted by atomic mass is 10.0. The molecule has 0 heterocycles. The summed E-state index contributed by atoms with van der Waals surface area (Å²) >= 11 is 0. The molecule has 1 rings (SSSR count). The van der Waals surface area contributed by atoms with E-state index in [-0.39, 0.29) is 0 Å². The molecule has 0 atom stereocenters. The number of carbonyl (C=O) groups is 1. The zero-order valence-electron chi connectivity index (χ0n) is 10.9. The fourth-order valence-corrected chi connectivity index (χ4v) is 1.79. The Bertz CT molecular complexity index is 437. The van der Waals surface area contributed by atoms with Crippen LogP contribution in [0.4, 0.5) is 0 Å². The second kappa shape index (κ2) is 8.25. The molecule has 0 N–H and O–H groups in total. The van der Waals surface area contributed by atoms with Gasteiger partial charge >= 0.3 is 0 Å². The van der Waals surface area contributed by atoms with Crippen molar-refractivity contribution in [3.8, 4) is 6.07 Å². The molecule has 0 radical (unpaired) electrons. The largest absolute Gasteiger partial charge is 0.298 e. The first-order valence-corrected chi connectivity index (χ1v) is 6.46. The van der Waals surface area contributed by atoms with Crippen molar-refractivity contribution >= 4 is 12.4 Å². The summed E-state index contributed by atoms with van der Waals surface area (Å²) in [6.45, 7) is 2.17. The van der Waals surface area contributed by atoms with Gasteiger partial charge in [-0.3, -0.25) is 4.79 Å². The van der Waals surface area contributed by atoms with Crippen LogP contribution in [0.2, 0.25) is 0 Å². The molecular weight excluding hydrogens is 222 g/mol. The van der Waals surface area contributed by atoms with E-state index in [0.717, 1.165) is 30.3 Å². The van der Waals surface area contributed by atoms with E-state index >= 15 is 0 Å². The van der Waals surface area contributed by atoms with Gasteiger partial charge in [0.25, 0.3) is 0 Å². The van der Waals surface area contributed by atoms with Crippen LogP contribution >= 0.6 is 0 Å². The number of rotatable bonds is 7. The first-order valence-electron chi connectivity index (χ1n) is 6.46. The Labute approximate surface area is 109 Å². The van der Waals surface area contributed by atoms with Crippen LogP contribution in [0.3, 0.4) is 0 Å². The molecule has 0 saturated heterocycles. The molecule has 2 heteroatoms. The van der Waals surface area contributed by atoms with E-state index in [2.05, 4.69) is 13.0 Å². The van der Waals surface area contributed by atoms with Crippen LogP contribution in [0.1, 0.15) is 50.2 Å². The van der Waals surface area contributed by atoms with Gasteiger partial charge in [-0.2, -0.15) is 5.26 Å². The third-order valence-electron chi connectivity index (χ3n) is 2.86. The fourth-order valence-electron chi connectivity index (χ4n) is 1.79. The molecule has 0 aliphatic rings. The second-order valence-corrected chi connectivity index (χ2v) is 4.38. The molecule has 0 saturated carbocycles. The van der Waals surface area contributed by atoms with Crippen molar-refractivity contribution in [1.82, 2.24) is 0 Å². The fraction of sp³-hybridized carbons (Fsp3) is 0.375. The van der Waals surface area contributed by atoms with Crippen molar-refractivity contribution in [2.24, 2.45) is 0 Å². The van der Waals surface area contributed by atoms with Gasteiger partial charge in [-0.05, 0) is 42.2 Å². The predicted molar refractivity (Wildman–Crippen MR) is 74.0 cm³/mol. The smallest absolute Gasteiger partial charge is 0.146 e. The maximum atomic E-state index is 11.0. The van der Waals surface area contributed by atoms with Crippen LogP contribution in [-0.2, 0) is 4.79 Å². The van der Waals surface area contributed by atoms with Gasteiger partial charge in [0.15, 0.2) is 0 Å². The van der Waals surface area contributed by atoms with Gasteiger partial charge in [-0.1, -0.05) is 38.3 Å². The first-order chi connectivity index (χ1) is 8.80. The Morgan fingerprint density at radius 1 is 1.22 bits per heavy atom. The number of aldehydes is 1. The van der Waals surface area contributed by atoms with Gasteiger partial charge in [0.1, 0.15) is 6.29 Å². The Kier molecular flexibility index (Phi) is 6.50. The lowest BCUT2D eigenvalue weighted by molar-refractivity contribution is -0.105. The molecule has 1 aromatic carbocycles. The summed E-state index contributed by atoms with van der Waals surface area (Å²) in [6, 6.07) is 9.36. The summed E-state index contributed by atoms with van der Waals surface area (Å²) in [4.78, 5) is 11.0. The normalized spacial score (nSPS) is 11.0. The van der Waals surface area contributed by atoms with E-state index in [9.17, 15) is 4.79 Å². The van der Waals surface area contributed by atoms with Crippen molar-refractivity contribution in [1.29, 1.82) is 5.26 Å². The number of allylic oxidation sites excluding steroid dienone is 1. The molecule has 0 aromatic heterocycles. The van der Waals surface area contributed by atoms with E-state index in [1.807, 2.05) is 18.2 Å². The van der Waals surface area contributed by atoms with Crippen LogP contribution in [0, 0.1) is 11.3 Å². The Morgan fingerprint density at radius 3 is 2.50 bits per heavy atom. The van der Waals surface area contributed by atoms with E-state index in [1.54, 1.807) is 12.1 Å². The van der Waals surface area contributed by atoms with Crippen molar-refractivity contribution in [2.45, 2.75) is 39.0 Å². The maximum Gasteiger partial charge on any atom is 0.146 e. The third-order valence-corrected chi connectivity index (χ3v) is 2.86. The predicted octanol–water partition coefficient (Wildman–Crippen LogP) is 4.11. The number of hydrogen-bond acceptors (Lipinski definition) is 2. The van der Waals surface area contributed by atoms with Crippen molar-refractivity contribution < 1.29 is 4.79 Å². The molecule has 0 unspecified atom stereocenters. The molecule has 1 aromatic rings. The quantitative estimate of drug-likeness (QED) is 0.409. The highest BCUT2D eigenvalue weighted by Crippen LogP contribution is 2.13. The highest BCUT2D eigenvalue weighted by atomic mass is 16.1. The Morgan fingerprint density at radius 2 is 1.94 bits per heavy atom. The SMILES string of the molecule is CCCCCCC(C=O)=Cc1ccc(C#N)cc1. The minimum absolute atomic E-state index is 0.641. The van der Waals surface area contributed by atoms with Crippen LogP contribution in [0.5, 0.6) is 0 Å². The van der Waals surface area contributed by atoms with E-state index in [1.165, 1.54) is 19.3 Å². The third kappa shape index (κ3) is 4.97. The zero-order valence-corrected chi connectivity index (χ0v) is 10.9. The van der Waals surface area contributed by atoms with Gasteiger partial charge in [0, 0.05) is 0 Å². The minimum Gasteiger partial charge on any atom is -0.298 e. The van der Waals surface area contributed by atoms with Crippen molar-refractivity contribution in [3.63, 3.8) is 0 Å². The molecule has 0 aliphatic heterocycles. The molecule has 0 spiro atoms. The number of nitrogens with zero attached hydrogens (tertiary/aromatic N) is 1. The summed E-state index contributed by atoms with van der Waals surface area (Å²) in [5, 5.41) is 8.70. The lowest BCUT2D eigenvalue weighted by Gasteiger charge is -2.01. The molecule has 0 amide bonds. The standard InChI is InChI=1S/C16H19NO/c1-2-3-4-5-6-16(13-18)11-14-7-9-15(12-17)10-8-14/h7-11,13H,2-6H2,1H3. The van der Waals surface area contributed by atoms with Gasteiger partial charge < -0.3 is 0 Å². The summed E-state index contributed by atoms with van der Waals surface area (Å²) in [6.07, 6.45) is 8.34. The molecule has 0 bridgehead atoms. The van der Waals surface area contributed by atoms with Gasteiger partial charge in [0.05, 0.1) is 11.6 Å². The number of nitriles is 1. The number of benzene rings is 1. The van der Waals surface area contributed by atoms with E-state index < -0.39 is 0 Å². The van der Waals surface area contributed by atoms with Gasteiger partial charge in [-0.15, -0.1) is 0 Å². The minimum atomic E-state index is 0.641. The highest BCUT2D eigenvalue weighted by Gasteiger charge is 1.97. The first kappa shape index (κ1) is 14.2.